The Balaban J connectivity index is 1.47. The van der Waals surface area contributed by atoms with E-state index in [1.54, 1.807) is 66.3 Å². The highest BCUT2D eigenvalue weighted by atomic mass is 32.2. The van der Waals surface area contributed by atoms with E-state index in [1.165, 1.54) is 6.07 Å². The SMILES string of the molecule is Cc1ccc2cccc(S(=O)(=O)NCCS(=O)(=O)Nc3ccn4nccc4c3)c2n1. The van der Waals surface area contributed by atoms with Crippen molar-refractivity contribution < 1.29 is 16.8 Å². The van der Waals surface area contributed by atoms with Crippen molar-refractivity contribution in [3.8, 4) is 0 Å². The number of pyridine rings is 2. The van der Waals surface area contributed by atoms with Crippen molar-refractivity contribution in [2.24, 2.45) is 0 Å². The molecule has 0 unspecified atom stereocenters. The Morgan fingerprint density at radius 3 is 2.70 bits per heavy atom. The monoisotopic (exact) mass is 445 g/mol. The molecular formula is C19H19N5O4S2. The molecule has 4 rings (SSSR count). The van der Waals surface area contributed by atoms with Crippen LogP contribution in [0.2, 0.25) is 0 Å². The van der Waals surface area contributed by atoms with E-state index in [9.17, 15) is 16.8 Å². The first-order chi connectivity index (χ1) is 14.2. The van der Waals surface area contributed by atoms with Gasteiger partial charge in [0.2, 0.25) is 20.0 Å². The van der Waals surface area contributed by atoms with E-state index in [-0.39, 0.29) is 11.4 Å². The fraction of sp³-hybridized carbons (Fsp3) is 0.158. The van der Waals surface area contributed by atoms with Crippen LogP contribution in [0.1, 0.15) is 5.69 Å². The van der Waals surface area contributed by atoms with Crippen molar-refractivity contribution in [2.75, 3.05) is 17.0 Å². The first kappa shape index (κ1) is 20.3. The van der Waals surface area contributed by atoms with Crippen LogP contribution in [0.4, 0.5) is 5.69 Å². The molecule has 3 heterocycles. The number of nitrogens with one attached hydrogen (secondary N) is 2. The fourth-order valence-corrected chi connectivity index (χ4v) is 5.33. The summed E-state index contributed by atoms with van der Waals surface area (Å²) in [6, 6.07) is 13.4. The van der Waals surface area contributed by atoms with E-state index in [0.29, 0.717) is 22.3 Å². The zero-order valence-corrected chi connectivity index (χ0v) is 17.6. The highest BCUT2D eigenvalue weighted by Gasteiger charge is 2.20. The smallest absolute Gasteiger partial charge is 0.242 e. The summed E-state index contributed by atoms with van der Waals surface area (Å²) in [5, 5.41) is 4.73. The van der Waals surface area contributed by atoms with Gasteiger partial charge in [0, 0.05) is 30.0 Å². The van der Waals surface area contributed by atoms with Crippen LogP contribution in [0.3, 0.4) is 0 Å². The Bertz CT molecular complexity index is 1450. The van der Waals surface area contributed by atoms with Crippen LogP contribution in [-0.4, -0.2) is 43.7 Å². The number of aromatic nitrogens is 3. The predicted molar refractivity (Wildman–Crippen MR) is 114 cm³/mol. The lowest BCUT2D eigenvalue weighted by Crippen LogP contribution is -2.31. The number of benzene rings is 1. The lowest BCUT2D eigenvalue weighted by molar-refractivity contribution is 0.582. The van der Waals surface area contributed by atoms with Gasteiger partial charge in [0.1, 0.15) is 4.90 Å². The maximum atomic E-state index is 12.7. The first-order valence-electron chi connectivity index (χ1n) is 9.03. The summed E-state index contributed by atoms with van der Waals surface area (Å²) in [5.74, 6) is -0.423. The number of hydrogen-bond acceptors (Lipinski definition) is 6. The molecule has 0 atom stereocenters. The number of fused-ring (bicyclic) bond motifs is 2. The molecule has 1 aromatic carbocycles. The molecular weight excluding hydrogens is 426 g/mol. The summed E-state index contributed by atoms with van der Waals surface area (Å²) in [7, 11) is -7.70. The number of rotatable bonds is 7. The van der Waals surface area contributed by atoms with Gasteiger partial charge >= 0.3 is 0 Å². The third kappa shape index (κ3) is 4.27. The maximum Gasteiger partial charge on any atom is 0.242 e. The molecule has 3 aromatic heterocycles. The molecule has 0 aliphatic carbocycles. The summed E-state index contributed by atoms with van der Waals surface area (Å²) in [5.41, 5.74) is 2.14. The molecule has 0 bridgehead atoms. The van der Waals surface area contributed by atoms with Gasteiger partial charge in [-0.3, -0.25) is 9.71 Å². The lowest BCUT2D eigenvalue weighted by Gasteiger charge is -2.11. The van der Waals surface area contributed by atoms with Crippen molar-refractivity contribution in [2.45, 2.75) is 11.8 Å². The minimum absolute atomic E-state index is 0.0141. The zero-order valence-electron chi connectivity index (χ0n) is 16.0. The highest BCUT2D eigenvalue weighted by molar-refractivity contribution is 7.92. The Labute approximate surface area is 173 Å². The van der Waals surface area contributed by atoms with Crippen molar-refractivity contribution in [3.05, 3.63) is 66.6 Å². The van der Waals surface area contributed by atoms with Crippen molar-refractivity contribution >= 4 is 42.2 Å². The summed E-state index contributed by atoms with van der Waals surface area (Å²) >= 11 is 0. The average molecular weight is 446 g/mol. The van der Waals surface area contributed by atoms with Crippen LogP contribution in [0.5, 0.6) is 0 Å². The van der Waals surface area contributed by atoms with Crippen LogP contribution in [-0.2, 0) is 20.0 Å². The molecule has 11 heteroatoms. The Kier molecular flexibility index (Phi) is 5.18. The first-order valence-corrected chi connectivity index (χ1v) is 12.2. The Hall–Kier alpha value is -3.02. The van der Waals surface area contributed by atoms with E-state index in [2.05, 4.69) is 19.5 Å². The normalized spacial score (nSPS) is 12.4. The van der Waals surface area contributed by atoms with E-state index in [1.807, 2.05) is 0 Å². The summed E-state index contributed by atoms with van der Waals surface area (Å²) in [4.78, 5) is 4.33. The van der Waals surface area contributed by atoms with Crippen molar-refractivity contribution in [1.29, 1.82) is 0 Å². The largest absolute Gasteiger partial charge is 0.283 e. The van der Waals surface area contributed by atoms with Gasteiger partial charge in [0.05, 0.1) is 22.5 Å². The Morgan fingerprint density at radius 1 is 1.03 bits per heavy atom. The molecule has 0 amide bonds. The number of hydrogen-bond donors (Lipinski definition) is 2. The average Bonchev–Trinajstić information content (AvgIpc) is 3.14. The second-order valence-electron chi connectivity index (χ2n) is 6.72. The number of para-hydroxylation sites is 1. The van der Waals surface area contributed by atoms with E-state index < -0.39 is 25.8 Å². The minimum atomic E-state index is -3.94. The van der Waals surface area contributed by atoms with Crippen molar-refractivity contribution in [3.63, 3.8) is 0 Å². The number of sulfonamides is 2. The van der Waals surface area contributed by atoms with Gasteiger partial charge in [-0.25, -0.2) is 26.1 Å². The maximum absolute atomic E-state index is 12.7. The van der Waals surface area contributed by atoms with Gasteiger partial charge in [-0.05, 0) is 37.3 Å². The third-order valence-electron chi connectivity index (χ3n) is 4.45. The molecule has 0 saturated heterocycles. The van der Waals surface area contributed by atoms with Crippen LogP contribution in [0.25, 0.3) is 16.4 Å². The van der Waals surface area contributed by atoms with Gasteiger partial charge in [-0.15, -0.1) is 0 Å². The van der Waals surface area contributed by atoms with Crippen LogP contribution < -0.4 is 9.44 Å². The number of nitrogens with zero attached hydrogens (tertiary/aromatic N) is 3. The molecule has 0 fully saturated rings. The van der Waals surface area contributed by atoms with Crippen molar-refractivity contribution in [1.82, 2.24) is 19.3 Å². The molecule has 0 aliphatic rings. The molecule has 156 valence electrons. The molecule has 0 spiro atoms. The lowest BCUT2D eigenvalue weighted by atomic mass is 10.2. The quantitative estimate of drug-likeness (QED) is 0.448. The van der Waals surface area contributed by atoms with Crippen LogP contribution in [0, 0.1) is 6.92 Å². The standard InChI is InChI=1S/C19H19N5O4S2/c1-14-5-6-15-3-2-4-18(19(15)22-14)30(27,28)21-10-12-29(25,26)23-16-8-11-24-17(13-16)7-9-20-24/h2-9,11,13,21,23H,10,12H2,1H3. The minimum Gasteiger partial charge on any atom is -0.283 e. The summed E-state index contributed by atoms with van der Waals surface area (Å²) < 4.78 is 56.6. The molecule has 0 aliphatic heterocycles. The van der Waals surface area contributed by atoms with Gasteiger partial charge in [0.25, 0.3) is 0 Å². The molecule has 0 saturated carbocycles. The Morgan fingerprint density at radius 2 is 1.87 bits per heavy atom. The summed E-state index contributed by atoms with van der Waals surface area (Å²) in [6.07, 6.45) is 3.23. The van der Waals surface area contributed by atoms with E-state index >= 15 is 0 Å². The zero-order chi connectivity index (χ0) is 21.4. The summed E-state index contributed by atoms with van der Waals surface area (Å²) in [6.45, 7) is 1.49. The number of anilines is 1. The third-order valence-corrected chi connectivity index (χ3v) is 7.23. The molecule has 0 radical (unpaired) electrons. The van der Waals surface area contributed by atoms with Gasteiger partial charge in [-0.2, -0.15) is 5.10 Å². The molecule has 4 aromatic rings. The fourth-order valence-electron chi connectivity index (χ4n) is 3.04. The molecule has 30 heavy (non-hydrogen) atoms. The van der Waals surface area contributed by atoms with Gasteiger partial charge < -0.3 is 0 Å². The van der Waals surface area contributed by atoms with E-state index in [0.717, 1.165) is 5.52 Å². The molecule has 9 nitrogen and oxygen atoms in total. The van der Waals surface area contributed by atoms with Crippen LogP contribution >= 0.6 is 0 Å². The van der Waals surface area contributed by atoms with Gasteiger partial charge in [0.15, 0.2) is 0 Å². The topological polar surface area (TPSA) is 123 Å². The second-order valence-corrected chi connectivity index (χ2v) is 10.3. The molecule has 2 N–H and O–H groups in total. The number of aryl methyl sites for hydroxylation is 1. The van der Waals surface area contributed by atoms with E-state index in [4.69, 9.17) is 0 Å². The van der Waals surface area contributed by atoms with Gasteiger partial charge in [-0.1, -0.05) is 18.2 Å². The highest BCUT2D eigenvalue weighted by Crippen LogP contribution is 2.21. The van der Waals surface area contributed by atoms with Crippen LogP contribution in [0.15, 0.2) is 65.8 Å². The predicted octanol–water partition coefficient (Wildman–Crippen LogP) is 1.91. The second kappa shape index (κ2) is 7.67.